The van der Waals surface area contributed by atoms with Crippen LogP contribution in [-0.4, -0.2) is 66.7 Å². The molecule has 2 aliphatic rings. The summed E-state index contributed by atoms with van der Waals surface area (Å²) in [6, 6.07) is 0. The first kappa shape index (κ1) is 13.4. The summed E-state index contributed by atoms with van der Waals surface area (Å²) in [4.78, 5) is 9.20. The first-order valence-corrected chi connectivity index (χ1v) is 6.79. The molecular weight excluding hydrogens is 228 g/mol. The fourth-order valence-electron chi connectivity index (χ4n) is 2.28. The molecule has 18 heavy (non-hydrogen) atoms. The fraction of sp³-hybridized carbons (Fsp3) is 0.769. The molecule has 5 nitrogen and oxygen atoms in total. The van der Waals surface area contributed by atoms with Crippen LogP contribution in [0.3, 0.4) is 0 Å². The number of hydrogen-bond donors (Lipinski definition) is 2. The number of β-amino-alcohol motifs (C(OH)–C–C–N with tert-alkyl or cyclic N) is 1. The molecule has 0 spiro atoms. The number of hydrogen-bond acceptors (Lipinski definition) is 5. The predicted octanol–water partition coefficient (Wildman–Crippen LogP) is 0.0954. The van der Waals surface area contributed by atoms with E-state index in [1.165, 1.54) is 5.57 Å². The molecule has 0 bridgehead atoms. The topological polar surface area (TPSA) is 51.1 Å². The van der Waals surface area contributed by atoms with Gasteiger partial charge in [0.15, 0.2) is 5.96 Å². The summed E-state index contributed by atoms with van der Waals surface area (Å²) in [5, 5.41) is 12.2. The van der Waals surface area contributed by atoms with Crippen LogP contribution in [0.4, 0.5) is 0 Å². The molecule has 0 aromatic carbocycles. The molecule has 0 aromatic heterocycles. The number of piperazine rings is 1. The molecule has 0 amide bonds. The second-order valence-corrected chi connectivity index (χ2v) is 5.21. The maximum absolute atomic E-state index is 8.92. The zero-order chi connectivity index (χ0) is 13.0. The van der Waals surface area contributed by atoms with Gasteiger partial charge in [0.1, 0.15) is 0 Å². The Balaban J connectivity index is 1.81. The number of rotatable bonds is 3. The third-order valence-electron chi connectivity index (χ3n) is 3.63. The van der Waals surface area contributed by atoms with Crippen molar-refractivity contribution in [2.75, 3.05) is 45.9 Å². The van der Waals surface area contributed by atoms with Crippen molar-refractivity contribution < 1.29 is 5.11 Å². The van der Waals surface area contributed by atoms with Crippen LogP contribution < -0.4 is 5.32 Å². The molecule has 0 aliphatic carbocycles. The Kier molecular flexibility index (Phi) is 4.60. The van der Waals surface area contributed by atoms with Gasteiger partial charge in [0.2, 0.25) is 0 Å². The van der Waals surface area contributed by atoms with E-state index in [1.54, 1.807) is 0 Å². The number of nitrogens with zero attached hydrogens (tertiary/aromatic N) is 3. The lowest BCUT2D eigenvalue weighted by molar-refractivity contribution is 0.145. The molecule has 2 N–H and O–H groups in total. The largest absolute Gasteiger partial charge is 0.395 e. The van der Waals surface area contributed by atoms with E-state index in [0.717, 1.165) is 45.2 Å². The molecule has 5 heteroatoms. The van der Waals surface area contributed by atoms with Gasteiger partial charge in [-0.3, -0.25) is 4.90 Å². The molecule has 1 fully saturated rings. The highest BCUT2D eigenvalue weighted by Gasteiger charge is 2.20. The Hall–Kier alpha value is -1.07. The first-order valence-electron chi connectivity index (χ1n) is 6.79. The molecule has 2 aliphatic heterocycles. The monoisotopic (exact) mass is 252 g/mol. The highest BCUT2D eigenvalue weighted by Crippen LogP contribution is 2.12. The minimum absolute atomic E-state index is 0.250. The normalized spacial score (nSPS) is 21.7. The van der Waals surface area contributed by atoms with Crippen molar-refractivity contribution in [1.82, 2.24) is 15.1 Å². The van der Waals surface area contributed by atoms with Crippen molar-refractivity contribution in [2.45, 2.75) is 13.8 Å². The molecule has 102 valence electrons. The lowest BCUT2D eigenvalue weighted by Gasteiger charge is -2.36. The van der Waals surface area contributed by atoms with Crippen LogP contribution >= 0.6 is 0 Å². The summed E-state index contributed by atoms with van der Waals surface area (Å²) in [5.41, 5.74) is 1.36. The number of guanidine groups is 1. The SMILES string of the molecule is CC(C)C1=CNC(N2CCN(CCO)CC2)=NC1. The van der Waals surface area contributed by atoms with Gasteiger partial charge in [-0.05, 0) is 11.5 Å². The molecule has 0 aromatic rings. The average molecular weight is 252 g/mol. The van der Waals surface area contributed by atoms with Gasteiger partial charge in [-0.15, -0.1) is 0 Å². The van der Waals surface area contributed by atoms with E-state index >= 15 is 0 Å². The van der Waals surface area contributed by atoms with Gasteiger partial charge in [-0.2, -0.15) is 0 Å². The maximum atomic E-state index is 8.92. The minimum Gasteiger partial charge on any atom is -0.395 e. The van der Waals surface area contributed by atoms with Gasteiger partial charge in [-0.1, -0.05) is 13.8 Å². The number of aliphatic hydroxyl groups is 1. The lowest BCUT2D eigenvalue weighted by atomic mass is 10.0. The summed E-state index contributed by atoms with van der Waals surface area (Å²) in [6.45, 7) is 10.2. The number of aliphatic imine (C=N–C) groups is 1. The zero-order valence-corrected chi connectivity index (χ0v) is 11.4. The molecule has 0 saturated carbocycles. The first-order chi connectivity index (χ1) is 8.70. The predicted molar refractivity (Wildman–Crippen MR) is 73.5 cm³/mol. The highest BCUT2D eigenvalue weighted by molar-refractivity contribution is 5.82. The quantitative estimate of drug-likeness (QED) is 0.748. The second-order valence-electron chi connectivity index (χ2n) is 5.21. The molecule has 2 rings (SSSR count). The van der Waals surface area contributed by atoms with E-state index in [1.807, 2.05) is 0 Å². The Bertz CT molecular complexity index is 330. The molecule has 0 atom stereocenters. The summed E-state index contributed by atoms with van der Waals surface area (Å²) in [6.07, 6.45) is 2.10. The van der Waals surface area contributed by atoms with Gasteiger partial charge in [0.05, 0.1) is 13.2 Å². The van der Waals surface area contributed by atoms with Crippen LogP contribution in [-0.2, 0) is 0 Å². The number of aliphatic hydroxyl groups excluding tert-OH is 1. The Labute approximate surface area is 109 Å². The van der Waals surface area contributed by atoms with Gasteiger partial charge < -0.3 is 15.3 Å². The van der Waals surface area contributed by atoms with Gasteiger partial charge >= 0.3 is 0 Å². The van der Waals surface area contributed by atoms with Crippen LogP contribution in [0.2, 0.25) is 0 Å². The van der Waals surface area contributed by atoms with Gasteiger partial charge in [-0.25, -0.2) is 4.99 Å². The maximum Gasteiger partial charge on any atom is 0.198 e. The standard InChI is InChI=1S/C13H24N4O/c1-11(2)12-9-14-13(15-10-12)17-5-3-16(4-6-17)7-8-18/h9,11,18H,3-8,10H2,1-2H3,(H,14,15). The Morgan fingerprint density at radius 2 is 2.06 bits per heavy atom. The van der Waals surface area contributed by atoms with Crippen molar-refractivity contribution in [3.05, 3.63) is 11.8 Å². The smallest absolute Gasteiger partial charge is 0.198 e. The van der Waals surface area contributed by atoms with Crippen LogP contribution in [0.5, 0.6) is 0 Å². The Morgan fingerprint density at radius 3 is 2.56 bits per heavy atom. The second kappa shape index (κ2) is 6.20. The van der Waals surface area contributed by atoms with E-state index in [-0.39, 0.29) is 6.61 Å². The summed E-state index contributed by atoms with van der Waals surface area (Å²) < 4.78 is 0. The third kappa shape index (κ3) is 3.23. The third-order valence-corrected chi connectivity index (χ3v) is 3.63. The van der Waals surface area contributed by atoms with Crippen LogP contribution in [0, 0.1) is 5.92 Å². The molecule has 2 heterocycles. The highest BCUT2D eigenvalue weighted by atomic mass is 16.3. The minimum atomic E-state index is 0.250. The molecule has 1 saturated heterocycles. The van der Waals surface area contributed by atoms with Crippen molar-refractivity contribution in [1.29, 1.82) is 0 Å². The van der Waals surface area contributed by atoms with Gasteiger partial charge in [0.25, 0.3) is 0 Å². The van der Waals surface area contributed by atoms with Crippen LogP contribution in [0.15, 0.2) is 16.8 Å². The van der Waals surface area contributed by atoms with Gasteiger partial charge in [0, 0.05) is 38.9 Å². The Morgan fingerprint density at radius 1 is 1.33 bits per heavy atom. The molecule has 0 unspecified atom stereocenters. The van der Waals surface area contributed by atoms with E-state index in [4.69, 9.17) is 5.11 Å². The van der Waals surface area contributed by atoms with Crippen molar-refractivity contribution in [3.8, 4) is 0 Å². The van der Waals surface area contributed by atoms with Crippen LogP contribution in [0.25, 0.3) is 0 Å². The van der Waals surface area contributed by atoms with Crippen molar-refractivity contribution >= 4 is 5.96 Å². The van der Waals surface area contributed by atoms with Crippen molar-refractivity contribution in [2.24, 2.45) is 10.9 Å². The number of nitrogens with one attached hydrogen (secondary N) is 1. The van der Waals surface area contributed by atoms with E-state index in [2.05, 4.69) is 40.2 Å². The molecule has 0 radical (unpaired) electrons. The lowest BCUT2D eigenvalue weighted by Crippen LogP contribution is -2.52. The fourth-order valence-corrected chi connectivity index (χ4v) is 2.28. The molecular formula is C13H24N4O. The summed E-state index contributed by atoms with van der Waals surface area (Å²) >= 11 is 0. The summed E-state index contributed by atoms with van der Waals surface area (Å²) in [7, 11) is 0. The van der Waals surface area contributed by atoms with Crippen LogP contribution in [0.1, 0.15) is 13.8 Å². The summed E-state index contributed by atoms with van der Waals surface area (Å²) in [5.74, 6) is 1.56. The van der Waals surface area contributed by atoms with E-state index in [0.29, 0.717) is 5.92 Å². The van der Waals surface area contributed by atoms with E-state index < -0.39 is 0 Å². The zero-order valence-electron chi connectivity index (χ0n) is 11.4. The van der Waals surface area contributed by atoms with E-state index in [9.17, 15) is 0 Å². The average Bonchev–Trinajstić information content (AvgIpc) is 2.40. The van der Waals surface area contributed by atoms with Crippen molar-refractivity contribution in [3.63, 3.8) is 0 Å².